The molecule has 1 N–H and O–H groups in total. The first-order valence-electron chi connectivity index (χ1n) is 8.93. The zero-order valence-corrected chi connectivity index (χ0v) is 17.5. The van der Waals surface area contributed by atoms with Crippen molar-refractivity contribution in [3.05, 3.63) is 64.2 Å². The summed E-state index contributed by atoms with van der Waals surface area (Å²) in [5.74, 6) is 0.577. The first-order valence-corrected chi connectivity index (χ1v) is 9.31. The number of halogens is 2. The smallest absolute Gasteiger partial charge is 0.227 e. The van der Waals surface area contributed by atoms with Crippen LogP contribution >= 0.6 is 24.0 Å². The monoisotopic (exact) mass is 422 g/mol. The Kier molecular flexibility index (Phi) is 7.87. The maximum Gasteiger partial charge on any atom is 0.227 e. The molecule has 1 fully saturated rings. The second-order valence-corrected chi connectivity index (χ2v) is 7.06. The Hall–Kier alpha value is -2.08. The fraction of sp³-hybridized carbons (Fsp3) is 0.333. The van der Waals surface area contributed by atoms with E-state index in [1.165, 1.54) is 6.92 Å². The van der Waals surface area contributed by atoms with Crippen molar-refractivity contribution >= 4 is 35.7 Å². The molecular weight excluding hydrogens is 399 g/mol. The number of amides is 1. The van der Waals surface area contributed by atoms with Gasteiger partial charge in [0.05, 0.1) is 19.6 Å². The predicted octanol–water partition coefficient (Wildman–Crippen LogP) is 3.69. The number of hydrogen-bond donors (Lipinski definition) is 1. The van der Waals surface area contributed by atoms with Crippen LogP contribution in [-0.2, 0) is 11.2 Å². The van der Waals surface area contributed by atoms with Gasteiger partial charge in [0.1, 0.15) is 5.75 Å². The van der Waals surface area contributed by atoms with Gasteiger partial charge in [0, 0.05) is 35.8 Å². The van der Waals surface area contributed by atoms with Crippen LogP contribution in [0.5, 0.6) is 5.75 Å². The highest BCUT2D eigenvalue weighted by Crippen LogP contribution is 2.27. The number of ether oxygens (including phenoxy) is 1. The molecule has 0 radical (unpaired) electrons. The minimum atomic E-state index is -0.0769. The predicted molar refractivity (Wildman–Crippen MR) is 113 cm³/mol. The number of ketones is 1. The Morgan fingerprint density at radius 2 is 2.04 bits per heavy atom. The minimum absolute atomic E-state index is 0. The van der Waals surface area contributed by atoms with E-state index in [1.54, 1.807) is 25.3 Å². The van der Waals surface area contributed by atoms with Crippen LogP contribution in [0.3, 0.4) is 0 Å². The first kappa shape index (κ1) is 22.2. The second-order valence-electron chi connectivity index (χ2n) is 6.62. The molecule has 7 heteroatoms. The molecule has 1 aliphatic heterocycles. The van der Waals surface area contributed by atoms with Crippen molar-refractivity contribution in [1.29, 1.82) is 0 Å². The molecule has 1 atom stereocenters. The molecule has 0 aliphatic carbocycles. The normalized spacial score (nSPS) is 16.2. The van der Waals surface area contributed by atoms with Gasteiger partial charge in [-0.1, -0.05) is 23.7 Å². The number of rotatable bonds is 5. The van der Waals surface area contributed by atoms with Crippen LogP contribution in [0.1, 0.15) is 34.5 Å². The summed E-state index contributed by atoms with van der Waals surface area (Å²) in [5, 5.41) is 4.00. The number of nitrogens with zero attached hydrogens (tertiary/aromatic N) is 1. The summed E-state index contributed by atoms with van der Waals surface area (Å²) in [6.07, 6.45) is 0.182. The number of nitrogens with one attached hydrogen (secondary N) is 1. The van der Waals surface area contributed by atoms with Crippen molar-refractivity contribution < 1.29 is 14.3 Å². The molecule has 0 saturated carbocycles. The van der Waals surface area contributed by atoms with E-state index in [0.29, 0.717) is 29.4 Å². The summed E-state index contributed by atoms with van der Waals surface area (Å²) in [6, 6.07) is 12.7. The standard InChI is InChI=1S/C21H23ClN2O3.ClH/c1-14(25)15-6-7-20(27-2)17(10-15)12-21(26)24-9-8-23-13-19(24)16-4-3-5-18(22)11-16;/h3-7,10-11,19,23H,8-9,12-13H2,1-2H3;1H. The molecule has 1 unspecified atom stereocenters. The zero-order chi connectivity index (χ0) is 19.4. The Balaban J connectivity index is 0.00000280. The molecule has 2 aromatic carbocycles. The molecule has 1 amide bonds. The van der Waals surface area contributed by atoms with Crippen molar-refractivity contribution in [2.45, 2.75) is 19.4 Å². The lowest BCUT2D eigenvalue weighted by atomic mass is 10.0. The molecule has 1 saturated heterocycles. The summed E-state index contributed by atoms with van der Waals surface area (Å²) in [5.41, 5.74) is 2.30. The highest BCUT2D eigenvalue weighted by molar-refractivity contribution is 6.30. The first-order chi connectivity index (χ1) is 13.0. The van der Waals surface area contributed by atoms with Gasteiger partial charge in [-0.25, -0.2) is 0 Å². The van der Waals surface area contributed by atoms with Crippen LogP contribution in [0.2, 0.25) is 5.02 Å². The number of carbonyl (C=O) groups excluding carboxylic acids is 2. The summed E-state index contributed by atoms with van der Waals surface area (Å²) >= 11 is 6.14. The average molecular weight is 423 g/mol. The number of Topliss-reactive ketones (excluding diaryl/α,β-unsaturated/α-hetero) is 1. The van der Waals surface area contributed by atoms with Gasteiger partial charge in [0.2, 0.25) is 5.91 Å². The van der Waals surface area contributed by atoms with E-state index in [4.69, 9.17) is 16.3 Å². The molecule has 3 rings (SSSR count). The van der Waals surface area contributed by atoms with Crippen molar-refractivity contribution in [2.75, 3.05) is 26.7 Å². The third-order valence-corrected chi connectivity index (χ3v) is 5.06. The molecule has 0 bridgehead atoms. The topological polar surface area (TPSA) is 58.6 Å². The van der Waals surface area contributed by atoms with Gasteiger partial charge in [0.25, 0.3) is 0 Å². The van der Waals surface area contributed by atoms with Gasteiger partial charge in [-0.3, -0.25) is 9.59 Å². The quantitative estimate of drug-likeness (QED) is 0.746. The molecule has 0 aromatic heterocycles. The SMILES string of the molecule is COc1ccc(C(C)=O)cc1CC(=O)N1CCNCC1c1cccc(Cl)c1.Cl. The third kappa shape index (κ3) is 5.04. The molecule has 0 spiro atoms. The fourth-order valence-electron chi connectivity index (χ4n) is 3.41. The Labute approximate surface area is 176 Å². The van der Waals surface area contributed by atoms with Gasteiger partial charge in [-0.2, -0.15) is 0 Å². The van der Waals surface area contributed by atoms with E-state index < -0.39 is 0 Å². The molecule has 1 heterocycles. The zero-order valence-electron chi connectivity index (χ0n) is 15.9. The molecule has 5 nitrogen and oxygen atoms in total. The Morgan fingerprint density at radius 1 is 1.25 bits per heavy atom. The lowest BCUT2D eigenvalue weighted by Crippen LogP contribution is -2.49. The van der Waals surface area contributed by atoms with Gasteiger partial charge in [-0.05, 0) is 42.8 Å². The maximum absolute atomic E-state index is 13.1. The second kappa shape index (κ2) is 9.92. The lowest BCUT2D eigenvalue weighted by molar-refractivity contribution is -0.133. The van der Waals surface area contributed by atoms with Gasteiger partial charge in [0.15, 0.2) is 5.78 Å². The van der Waals surface area contributed by atoms with Gasteiger partial charge >= 0.3 is 0 Å². The number of benzene rings is 2. The van der Waals surface area contributed by atoms with Crippen LogP contribution in [0.25, 0.3) is 0 Å². The van der Waals surface area contributed by atoms with E-state index in [2.05, 4.69) is 5.32 Å². The lowest BCUT2D eigenvalue weighted by Gasteiger charge is -2.37. The van der Waals surface area contributed by atoms with E-state index in [1.807, 2.05) is 29.2 Å². The largest absolute Gasteiger partial charge is 0.496 e. The van der Waals surface area contributed by atoms with Crippen LogP contribution in [0.4, 0.5) is 0 Å². The van der Waals surface area contributed by atoms with E-state index in [-0.39, 0.29) is 36.6 Å². The van der Waals surface area contributed by atoms with Crippen LogP contribution in [-0.4, -0.2) is 43.3 Å². The van der Waals surface area contributed by atoms with Crippen LogP contribution in [0.15, 0.2) is 42.5 Å². The fourth-order valence-corrected chi connectivity index (χ4v) is 3.61. The number of methoxy groups -OCH3 is 1. The Bertz CT molecular complexity index is 857. The Morgan fingerprint density at radius 3 is 2.71 bits per heavy atom. The summed E-state index contributed by atoms with van der Waals surface area (Å²) in [7, 11) is 1.57. The molecular formula is C21H24Cl2N2O3. The molecule has 28 heavy (non-hydrogen) atoms. The van der Waals surface area contributed by atoms with Crippen LogP contribution in [0, 0.1) is 0 Å². The van der Waals surface area contributed by atoms with Gasteiger partial charge in [-0.15, -0.1) is 12.4 Å². The van der Waals surface area contributed by atoms with Crippen molar-refractivity contribution in [3.8, 4) is 5.75 Å². The van der Waals surface area contributed by atoms with Crippen molar-refractivity contribution in [1.82, 2.24) is 10.2 Å². The van der Waals surface area contributed by atoms with E-state index in [0.717, 1.165) is 17.7 Å². The highest BCUT2D eigenvalue weighted by Gasteiger charge is 2.28. The summed E-state index contributed by atoms with van der Waals surface area (Å²) < 4.78 is 5.38. The number of carbonyl (C=O) groups is 2. The maximum atomic E-state index is 13.1. The molecule has 150 valence electrons. The minimum Gasteiger partial charge on any atom is -0.496 e. The average Bonchev–Trinajstić information content (AvgIpc) is 2.67. The third-order valence-electron chi connectivity index (χ3n) is 4.83. The molecule has 1 aliphatic rings. The van der Waals surface area contributed by atoms with E-state index >= 15 is 0 Å². The van der Waals surface area contributed by atoms with E-state index in [9.17, 15) is 9.59 Å². The number of hydrogen-bond acceptors (Lipinski definition) is 4. The summed E-state index contributed by atoms with van der Waals surface area (Å²) in [6.45, 7) is 3.55. The molecule has 2 aromatic rings. The van der Waals surface area contributed by atoms with Crippen molar-refractivity contribution in [2.24, 2.45) is 0 Å². The van der Waals surface area contributed by atoms with Crippen LogP contribution < -0.4 is 10.1 Å². The van der Waals surface area contributed by atoms with Gasteiger partial charge < -0.3 is 15.0 Å². The summed E-state index contributed by atoms with van der Waals surface area (Å²) in [4.78, 5) is 26.7. The number of piperazine rings is 1. The highest BCUT2D eigenvalue weighted by atomic mass is 35.5. The van der Waals surface area contributed by atoms with Crippen molar-refractivity contribution in [3.63, 3.8) is 0 Å².